The third kappa shape index (κ3) is 5.26. The van der Waals surface area contributed by atoms with Crippen LogP contribution in [0.4, 0.5) is 5.69 Å². The van der Waals surface area contributed by atoms with E-state index in [9.17, 15) is 4.79 Å². The molecule has 0 aromatic heterocycles. The summed E-state index contributed by atoms with van der Waals surface area (Å²) < 4.78 is 10.6. The predicted molar refractivity (Wildman–Crippen MR) is 122 cm³/mol. The first kappa shape index (κ1) is 22.0. The first-order valence-electron chi connectivity index (χ1n) is 9.44. The lowest BCUT2D eigenvalue weighted by Crippen LogP contribution is -2.16. The minimum absolute atomic E-state index is 0.0350. The highest BCUT2D eigenvalue weighted by Gasteiger charge is 2.20. The van der Waals surface area contributed by atoms with Crippen LogP contribution in [0.5, 0.6) is 11.5 Å². The molecule has 0 saturated heterocycles. The topological polar surface area (TPSA) is 47.6 Å². The van der Waals surface area contributed by atoms with Gasteiger partial charge in [0.25, 0.3) is 0 Å². The molecule has 3 aromatic rings. The van der Waals surface area contributed by atoms with Crippen LogP contribution in [0, 0.1) is 6.92 Å². The van der Waals surface area contributed by atoms with Gasteiger partial charge in [0.2, 0.25) is 0 Å². The van der Waals surface area contributed by atoms with Crippen LogP contribution in [0.3, 0.4) is 0 Å². The predicted octanol–water partition coefficient (Wildman–Crippen LogP) is 6.75. The lowest BCUT2D eigenvalue weighted by Gasteiger charge is -2.21. The first-order valence-corrected chi connectivity index (χ1v) is 10.2. The summed E-state index contributed by atoms with van der Waals surface area (Å²) in [6.45, 7) is 2.02. The van der Waals surface area contributed by atoms with Gasteiger partial charge in [-0.2, -0.15) is 0 Å². The molecule has 1 unspecified atom stereocenters. The van der Waals surface area contributed by atoms with E-state index in [0.29, 0.717) is 27.1 Å². The van der Waals surface area contributed by atoms with Crippen molar-refractivity contribution in [3.63, 3.8) is 0 Å². The number of ether oxygens (including phenoxy) is 2. The van der Waals surface area contributed by atoms with Gasteiger partial charge in [-0.15, -0.1) is 0 Å². The molecule has 1 atom stereocenters. The molecule has 0 spiro atoms. The average Bonchev–Trinajstić information content (AvgIpc) is 2.74. The van der Waals surface area contributed by atoms with Gasteiger partial charge < -0.3 is 14.8 Å². The zero-order chi connectivity index (χ0) is 21.7. The Morgan fingerprint density at radius 3 is 2.37 bits per heavy atom. The number of Topliss-reactive ketones (excluding diaryl/α,β-unsaturated/α-hetero) is 1. The molecule has 3 rings (SSSR count). The summed E-state index contributed by atoms with van der Waals surface area (Å²) in [4.78, 5) is 13.1. The number of carbonyl (C=O) groups is 1. The number of anilines is 1. The smallest absolute Gasteiger partial charge is 0.165 e. The summed E-state index contributed by atoms with van der Waals surface area (Å²) in [7, 11) is 3.11. The minimum atomic E-state index is -0.290. The second-order valence-corrected chi connectivity index (χ2v) is 7.75. The summed E-state index contributed by atoms with van der Waals surface area (Å²) in [5, 5.41) is 4.38. The summed E-state index contributed by atoms with van der Waals surface area (Å²) in [5.41, 5.74) is 3.47. The minimum Gasteiger partial charge on any atom is -0.493 e. The van der Waals surface area contributed by atoms with E-state index in [-0.39, 0.29) is 18.2 Å². The van der Waals surface area contributed by atoms with Crippen LogP contribution in [0.15, 0.2) is 60.7 Å². The number of halogens is 2. The molecule has 156 valence electrons. The molecule has 3 aromatic carbocycles. The normalized spacial score (nSPS) is 11.6. The molecular formula is C24H23Cl2NO3. The van der Waals surface area contributed by atoms with Crippen LogP contribution in [0.2, 0.25) is 10.0 Å². The fourth-order valence-corrected chi connectivity index (χ4v) is 3.54. The van der Waals surface area contributed by atoms with E-state index in [2.05, 4.69) is 5.32 Å². The zero-order valence-electron chi connectivity index (χ0n) is 17.0. The van der Waals surface area contributed by atoms with Crippen molar-refractivity contribution in [2.24, 2.45) is 0 Å². The molecule has 0 aliphatic rings. The summed E-state index contributed by atoms with van der Waals surface area (Å²) in [6, 6.07) is 18.3. The van der Waals surface area contributed by atoms with Crippen molar-refractivity contribution in [3.8, 4) is 11.5 Å². The van der Waals surface area contributed by atoms with Crippen molar-refractivity contribution >= 4 is 34.7 Å². The lowest BCUT2D eigenvalue weighted by molar-refractivity contribution is 0.0976. The first-order chi connectivity index (χ1) is 14.4. The van der Waals surface area contributed by atoms with Crippen LogP contribution in [-0.4, -0.2) is 20.0 Å². The van der Waals surface area contributed by atoms with Gasteiger partial charge in [0.1, 0.15) is 0 Å². The SMILES string of the molecule is COc1ccc(C(=O)CC(Nc2cccc(C)c2)c2ccc(Cl)c(Cl)c2)cc1OC. The molecule has 0 aliphatic heterocycles. The Bertz CT molecular complexity index is 1050. The van der Waals surface area contributed by atoms with E-state index in [0.717, 1.165) is 16.8 Å². The van der Waals surface area contributed by atoms with Gasteiger partial charge in [0, 0.05) is 17.7 Å². The van der Waals surface area contributed by atoms with Crippen molar-refractivity contribution < 1.29 is 14.3 Å². The van der Waals surface area contributed by atoms with Crippen LogP contribution in [0.1, 0.15) is 33.9 Å². The highest BCUT2D eigenvalue weighted by molar-refractivity contribution is 6.42. The van der Waals surface area contributed by atoms with E-state index in [1.54, 1.807) is 44.6 Å². The Kier molecular flexibility index (Phi) is 7.24. The van der Waals surface area contributed by atoms with E-state index in [1.165, 1.54) is 0 Å². The molecular weight excluding hydrogens is 421 g/mol. The Hall–Kier alpha value is -2.69. The number of benzene rings is 3. The molecule has 6 heteroatoms. The molecule has 0 aliphatic carbocycles. The van der Waals surface area contributed by atoms with Crippen molar-refractivity contribution in [2.75, 3.05) is 19.5 Å². The third-order valence-electron chi connectivity index (χ3n) is 4.80. The number of hydrogen-bond acceptors (Lipinski definition) is 4. The second kappa shape index (κ2) is 9.88. The molecule has 0 bridgehead atoms. The zero-order valence-corrected chi connectivity index (χ0v) is 18.6. The molecule has 0 fully saturated rings. The number of aryl methyl sites for hydroxylation is 1. The number of ketones is 1. The summed E-state index contributed by atoms with van der Waals surface area (Å²) in [5.74, 6) is 1.06. The highest BCUT2D eigenvalue weighted by Crippen LogP contribution is 2.32. The van der Waals surface area contributed by atoms with Gasteiger partial charge in [-0.1, -0.05) is 41.4 Å². The van der Waals surface area contributed by atoms with E-state index in [1.807, 2.05) is 37.3 Å². The van der Waals surface area contributed by atoms with Crippen LogP contribution in [0.25, 0.3) is 0 Å². The highest BCUT2D eigenvalue weighted by atomic mass is 35.5. The molecule has 0 heterocycles. The summed E-state index contributed by atoms with van der Waals surface area (Å²) >= 11 is 12.3. The molecule has 4 nitrogen and oxygen atoms in total. The molecule has 0 amide bonds. The van der Waals surface area contributed by atoms with Gasteiger partial charge in [0.15, 0.2) is 17.3 Å². The Balaban J connectivity index is 1.91. The van der Waals surface area contributed by atoms with Gasteiger partial charge >= 0.3 is 0 Å². The monoisotopic (exact) mass is 443 g/mol. The number of carbonyl (C=O) groups excluding carboxylic acids is 1. The van der Waals surface area contributed by atoms with E-state index < -0.39 is 0 Å². The fraction of sp³-hybridized carbons (Fsp3) is 0.208. The Morgan fingerprint density at radius 2 is 1.70 bits per heavy atom. The number of nitrogens with one attached hydrogen (secondary N) is 1. The fourth-order valence-electron chi connectivity index (χ4n) is 3.23. The van der Waals surface area contributed by atoms with Gasteiger partial charge in [-0.05, 0) is 60.5 Å². The van der Waals surface area contributed by atoms with E-state index in [4.69, 9.17) is 32.7 Å². The number of rotatable bonds is 8. The largest absolute Gasteiger partial charge is 0.493 e. The maximum atomic E-state index is 13.1. The van der Waals surface area contributed by atoms with Crippen LogP contribution in [-0.2, 0) is 0 Å². The standard InChI is InChI=1S/C24H23Cl2NO3/c1-15-5-4-6-18(11-15)27-21(16-7-9-19(25)20(26)12-16)14-22(28)17-8-10-23(29-2)24(13-17)30-3/h4-13,21,27H,14H2,1-3H3. The van der Waals surface area contributed by atoms with Gasteiger partial charge in [0.05, 0.1) is 30.3 Å². The third-order valence-corrected chi connectivity index (χ3v) is 5.54. The lowest BCUT2D eigenvalue weighted by atomic mass is 9.97. The summed E-state index contributed by atoms with van der Waals surface area (Å²) in [6.07, 6.45) is 0.224. The molecule has 1 N–H and O–H groups in total. The molecule has 0 saturated carbocycles. The Morgan fingerprint density at radius 1 is 0.933 bits per heavy atom. The van der Waals surface area contributed by atoms with Gasteiger partial charge in [-0.25, -0.2) is 0 Å². The number of hydrogen-bond donors (Lipinski definition) is 1. The van der Waals surface area contributed by atoms with Crippen LogP contribution >= 0.6 is 23.2 Å². The maximum Gasteiger partial charge on any atom is 0.165 e. The van der Waals surface area contributed by atoms with Crippen LogP contribution < -0.4 is 14.8 Å². The number of methoxy groups -OCH3 is 2. The van der Waals surface area contributed by atoms with Gasteiger partial charge in [-0.3, -0.25) is 4.79 Å². The maximum absolute atomic E-state index is 13.1. The van der Waals surface area contributed by atoms with Crippen molar-refractivity contribution in [2.45, 2.75) is 19.4 Å². The second-order valence-electron chi connectivity index (χ2n) is 6.94. The molecule has 30 heavy (non-hydrogen) atoms. The van der Waals surface area contributed by atoms with Crippen molar-refractivity contribution in [1.29, 1.82) is 0 Å². The Labute approximate surface area is 186 Å². The van der Waals surface area contributed by atoms with Crippen molar-refractivity contribution in [1.82, 2.24) is 0 Å². The van der Waals surface area contributed by atoms with E-state index >= 15 is 0 Å². The molecule has 0 radical (unpaired) electrons. The quantitative estimate of drug-likeness (QED) is 0.391. The van der Waals surface area contributed by atoms with Crippen molar-refractivity contribution in [3.05, 3.63) is 87.4 Å². The average molecular weight is 444 g/mol.